The third-order valence-corrected chi connectivity index (χ3v) is 7.61. The van der Waals surface area contributed by atoms with E-state index in [0.29, 0.717) is 18.7 Å². The quantitative estimate of drug-likeness (QED) is 0.315. The van der Waals surface area contributed by atoms with Crippen LogP contribution < -0.4 is 5.73 Å². The van der Waals surface area contributed by atoms with Crippen molar-refractivity contribution in [2.24, 2.45) is 10.7 Å². The normalized spacial score (nSPS) is 22.3. The van der Waals surface area contributed by atoms with Gasteiger partial charge in [-0.05, 0) is 82.9 Å². The number of morpholine rings is 1. The average Bonchev–Trinajstić information content (AvgIpc) is 3.37. The van der Waals surface area contributed by atoms with Gasteiger partial charge in [-0.3, -0.25) is 14.6 Å². The number of benzene rings is 1. The molecule has 2 N–H and O–H groups in total. The van der Waals surface area contributed by atoms with Crippen molar-refractivity contribution >= 4 is 17.4 Å². The molecule has 1 saturated carbocycles. The van der Waals surface area contributed by atoms with Crippen molar-refractivity contribution in [2.45, 2.75) is 117 Å². The van der Waals surface area contributed by atoms with Gasteiger partial charge in [-0.1, -0.05) is 45.2 Å². The Bertz CT molecular complexity index is 1090. The highest BCUT2D eigenvalue weighted by Crippen LogP contribution is 2.37. The molecule has 230 valence electrons. The van der Waals surface area contributed by atoms with E-state index >= 15 is 0 Å². The topological polar surface area (TPSA) is 85.0 Å². The molecule has 9 heteroatoms. The van der Waals surface area contributed by atoms with Gasteiger partial charge in [0.2, 0.25) is 0 Å². The molecule has 3 rings (SSSR count). The number of carbonyl (C=O) groups excluding carboxylic acids is 2. The number of hydrogen-bond donors (Lipinski definition) is 1. The maximum Gasteiger partial charge on any atom is 0.416 e. The molecule has 1 aliphatic heterocycles. The van der Waals surface area contributed by atoms with Crippen LogP contribution in [0, 0.1) is 6.92 Å². The Balaban J connectivity index is 0.000000290. The summed E-state index contributed by atoms with van der Waals surface area (Å²) in [5.74, 6) is 0.126. The second-order valence-corrected chi connectivity index (χ2v) is 11.3. The molecule has 0 bridgehead atoms. The second-order valence-electron chi connectivity index (χ2n) is 11.3. The Kier molecular flexibility index (Phi) is 13.5. The van der Waals surface area contributed by atoms with Crippen LogP contribution in [0.1, 0.15) is 109 Å². The first-order chi connectivity index (χ1) is 19.3. The van der Waals surface area contributed by atoms with Crippen LogP contribution in [0.5, 0.6) is 0 Å². The molecular formula is C32H48F3N3O3. The average molecular weight is 580 g/mol. The molecule has 2 fully saturated rings. The molecule has 0 radical (unpaired) electrons. The van der Waals surface area contributed by atoms with Gasteiger partial charge in [0.25, 0.3) is 5.91 Å². The molecule has 1 saturated heterocycles. The number of alkyl halides is 3. The number of halogens is 3. The summed E-state index contributed by atoms with van der Waals surface area (Å²) in [7, 11) is 0. The van der Waals surface area contributed by atoms with Crippen molar-refractivity contribution < 1.29 is 27.5 Å². The predicted octanol–water partition coefficient (Wildman–Crippen LogP) is 7.14. The fourth-order valence-corrected chi connectivity index (χ4v) is 5.70. The number of allylic oxidation sites excluding steroid dienone is 1. The van der Waals surface area contributed by atoms with E-state index in [-0.39, 0.29) is 42.1 Å². The molecule has 1 unspecified atom stereocenters. The smallest absolute Gasteiger partial charge is 0.394 e. The van der Waals surface area contributed by atoms with Gasteiger partial charge in [0, 0.05) is 24.4 Å². The predicted molar refractivity (Wildman–Crippen MR) is 158 cm³/mol. The third kappa shape index (κ3) is 10.3. The summed E-state index contributed by atoms with van der Waals surface area (Å²) < 4.78 is 44.4. The standard InChI is InChI=1S/C16H23F3.C16H25N3O3/c1-4-6-9-13(8-5-2)14-10-7-11-15(12(14)3)16(17,18)19;1-10(20)7-18-14-6-4-5-13(14)15(17)16(21)19-8-11(2)22-12(3)9-19/h7,10-11,13H,4-6,8-9H2,1-3H3;11-12H,4-9,17H2,1-3H3/b;15-13-,18-14?/t;11-,12+. The number of carbonyl (C=O) groups is 2. The molecule has 1 aliphatic carbocycles. The molecule has 1 heterocycles. The van der Waals surface area contributed by atoms with Gasteiger partial charge < -0.3 is 15.4 Å². The summed E-state index contributed by atoms with van der Waals surface area (Å²) in [6.45, 7) is 12.5. The number of ether oxygens (including phenoxy) is 1. The lowest BCUT2D eigenvalue weighted by Crippen LogP contribution is -2.49. The second kappa shape index (κ2) is 16.1. The summed E-state index contributed by atoms with van der Waals surface area (Å²) in [6, 6.07) is 4.59. The highest BCUT2D eigenvalue weighted by Gasteiger charge is 2.33. The van der Waals surface area contributed by atoms with E-state index in [0.717, 1.165) is 68.2 Å². The number of amides is 1. The van der Waals surface area contributed by atoms with E-state index in [4.69, 9.17) is 10.5 Å². The lowest BCUT2D eigenvalue weighted by molar-refractivity contribution is -0.139. The Labute approximate surface area is 243 Å². The number of nitrogens with zero attached hydrogens (tertiary/aromatic N) is 2. The SMILES string of the molecule is CC(=O)CN=C1CCC/C1=C(/N)C(=O)N1C[C@@H](C)O[C@@H](C)C1.CCCCC(CCC)c1cccc(C(F)(F)F)c1C. The third-order valence-electron chi connectivity index (χ3n) is 7.61. The molecule has 1 amide bonds. The number of rotatable bonds is 9. The van der Waals surface area contributed by atoms with Gasteiger partial charge in [0.1, 0.15) is 5.70 Å². The van der Waals surface area contributed by atoms with Crippen LogP contribution in [-0.2, 0) is 20.5 Å². The molecule has 1 aromatic rings. The summed E-state index contributed by atoms with van der Waals surface area (Å²) in [5, 5.41) is 0. The number of unbranched alkanes of at least 4 members (excludes halogenated alkanes) is 1. The highest BCUT2D eigenvalue weighted by molar-refractivity contribution is 6.09. The van der Waals surface area contributed by atoms with Crippen LogP contribution in [-0.4, -0.2) is 54.1 Å². The zero-order valence-electron chi connectivity index (χ0n) is 25.6. The first-order valence-electron chi connectivity index (χ1n) is 14.9. The zero-order valence-corrected chi connectivity index (χ0v) is 25.6. The van der Waals surface area contributed by atoms with Gasteiger partial charge in [-0.25, -0.2) is 0 Å². The lowest BCUT2D eigenvalue weighted by Gasteiger charge is -2.35. The summed E-state index contributed by atoms with van der Waals surface area (Å²) in [5.41, 5.74) is 8.84. The molecule has 2 aliphatic rings. The Morgan fingerprint density at radius 2 is 1.76 bits per heavy atom. The van der Waals surface area contributed by atoms with Gasteiger partial charge in [0.15, 0.2) is 5.78 Å². The van der Waals surface area contributed by atoms with E-state index in [2.05, 4.69) is 18.8 Å². The molecular weight excluding hydrogens is 531 g/mol. The molecule has 3 atom stereocenters. The molecule has 1 aromatic carbocycles. The molecule has 0 aromatic heterocycles. The van der Waals surface area contributed by atoms with Crippen molar-refractivity contribution in [2.75, 3.05) is 19.6 Å². The van der Waals surface area contributed by atoms with Crippen molar-refractivity contribution in [1.29, 1.82) is 0 Å². The van der Waals surface area contributed by atoms with E-state index in [9.17, 15) is 22.8 Å². The van der Waals surface area contributed by atoms with Crippen LogP contribution in [0.2, 0.25) is 0 Å². The van der Waals surface area contributed by atoms with Gasteiger partial charge in [-0.2, -0.15) is 13.2 Å². The summed E-state index contributed by atoms with van der Waals surface area (Å²) in [4.78, 5) is 29.8. The minimum atomic E-state index is -4.25. The summed E-state index contributed by atoms with van der Waals surface area (Å²) >= 11 is 0. The van der Waals surface area contributed by atoms with Crippen LogP contribution in [0.25, 0.3) is 0 Å². The number of hydrogen-bond acceptors (Lipinski definition) is 5. The largest absolute Gasteiger partial charge is 0.416 e. The minimum Gasteiger partial charge on any atom is -0.394 e. The number of aliphatic imine (C=N–C) groups is 1. The van der Waals surface area contributed by atoms with Crippen LogP contribution in [0.3, 0.4) is 0 Å². The van der Waals surface area contributed by atoms with Crippen LogP contribution in [0.15, 0.2) is 34.5 Å². The van der Waals surface area contributed by atoms with Crippen molar-refractivity contribution in [3.63, 3.8) is 0 Å². The fourth-order valence-electron chi connectivity index (χ4n) is 5.70. The first-order valence-corrected chi connectivity index (χ1v) is 14.9. The molecule has 6 nitrogen and oxygen atoms in total. The van der Waals surface area contributed by atoms with Crippen LogP contribution >= 0.6 is 0 Å². The summed E-state index contributed by atoms with van der Waals surface area (Å²) in [6.07, 6.45) is 3.34. The number of Topliss-reactive ketones (excluding diaryl/α,β-unsaturated/α-hetero) is 1. The van der Waals surface area contributed by atoms with Gasteiger partial charge >= 0.3 is 6.18 Å². The molecule has 41 heavy (non-hydrogen) atoms. The van der Waals surface area contributed by atoms with Crippen molar-refractivity contribution in [1.82, 2.24) is 4.90 Å². The fraction of sp³-hybridized carbons (Fsp3) is 0.656. The van der Waals surface area contributed by atoms with E-state index in [1.165, 1.54) is 13.0 Å². The Morgan fingerprint density at radius 3 is 2.32 bits per heavy atom. The zero-order chi connectivity index (χ0) is 30.7. The maximum atomic E-state index is 12.9. The number of ketones is 1. The van der Waals surface area contributed by atoms with E-state index < -0.39 is 11.7 Å². The van der Waals surface area contributed by atoms with E-state index in [1.54, 1.807) is 17.9 Å². The van der Waals surface area contributed by atoms with E-state index in [1.807, 2.05) is 19.9 Å². The van der Waals surface area contributed by atoms with Crippen LogP contribution in [0.4, 0.5) is 13.2 Å². The van der Waals surface area contributed by atoms with Crippen molar-refractivity contribution in [3.8, 4) is 0 Å². The monoisotopic (exact) mass is 579 g/mol. The lowest BCUT2D eigenvalue weighted by atomic mass is 9.85. The van der Waals surface area contributed by atoms with Crippen molar-refractivity contribution in [3.05, 3.63) is 46.2 Å². The number of nitrogens with two attached hydrogens (primary N) is 1. The van der Waals surface area contributed by atoms with Gasteiger partial charge in [0.05, 0.1) is 24.3 Å². The highest BCUT2D eigenvalue weighted by atomic mass is 19.4. The van der Waals surface area contributed by atoms with Gasteiger partial charge in [-0.15, -0.1) is 0 Å². The Hall–Kier alpha value is -2.68. The Morgan fingerprint density at radius 1 is 1.10 bits per heavy atom. The molecule has 0 spiro atoms. The first kappa shape index (κ1) is 34.5. The minimum absolute atomic E-state index is 0.0134. The maximum absolute atomic E-state index is 12.9.